The third kappa shape index (κ3) is 1.85. The van der Waals surface area contributed by atoms with Crippen molar-refractivity contribution < 1.29 is 18.7 Å². The molecule has 2 heterocycles. The summed E-state index contributed by atoms with van der Waals surface area (Å²) in [5.74, 6) is -2.23. The van der Waals surface area contributed by atoms with Crippen molar-refractivity contribution in [3.05, 3.63) is 51.6 Å². The molecule has 0 saturated carbocycles. The molecule has 1 aromatic heterocycles. The minimum Gasteiger partial charge on any atom is -0.494 e. The number of carbonyl (C=O) groups excluding carboxylic acids is 2. The van der Waals surface area contributed by atoms with Gasteiger partial charge >= 0.3 is 0 Å². The second kappa shape index (κ2) is 4.69. The molecule has 112 valence electrons. The van der Waals surface area contributed by atoms with Crippen LogP contribution in [-0.4, -0.2) is 23.5 Å². The molecule has 0 atom stereocenters. The Hall–Kier alpha value is -3.16. The van der Waals surface area contributed by atoms with Crippen LogP contribution in [0.1, 0.15) is 20.7 Å². The summed E-state index contributed by atoms with van der Waals surface area (Å²) in [5.41, 5.74) is 5.32. The van der Waals surface area contributed by atoms with E-state index in [1.807, 2.05) is 0 Å². The molecule has 0 bridgehead atoms. The number of nitrogen functional groups attached to an aromatic ring is 1. The number of benzene rings is 1. The minimum atomic E-state index is -0.680. The summed E-state index contributed by atoms with van der Waals surface area (Å²) in [7, 11) is 1.28. The van der Waals surface area contributed by atoms with E-state index < -0.39 is 23.2 Å². The molecule has 7 nitrogen and oxygen atoms in total. The Kier molecular flexibility index (Phi) is 2.94. The van der Waals surface area contributed by atoms with Crippen molar-refractivity contribution in [1.29, 1.82) is 0 Å². The van der Waals surface area contributed by atoms with Gasteiger partial charge in [-0.1, -0.05) is 0 Å². The number of amides is 2. The van der Waals surface area contributed by atoms with E-state index in [9.17, 15) is 18.8 Å². The number of pyridine rings is 1. The maximum atomic E-state index is 13.5. The van der Waals surface area contributed by atoms with Crippen LogP contribution in [0.25, 0.3) is 5.69 Å². The third-order valence-electron chi connectivity index (χ3n) is 3.35. The molecular weight excluding hydrogens is 293 g/mol. The SMILES string of the molecule is COc1cc(-n2c(N)c3c(cc2=O)C(=O)NC3=O)ccc1F. The summed E-state index contributed by atoms with van der Waals surface area (Å²) in [5, 5.41) is 2.07. The number of anilines is 1. The number of halogens is 1. The van der Waals surface area contributed by atoms with Crippen LogP contribution in [0.2, 0.25) is 0 Å². The van der Waals surface area contributed by atoms with Gasteiger partial charge in [0.2, 0.25) is 0 Å². The van der Waals surface area contributed by atoms with Gasteiger partial charge in [0, 0.05) is 12.1 Å². The number of nitrogens with two attached hydrogens (primary N) is 1. The number of rotatable bonds is 2. The van der Waals surface area contributed by atoms with Crippen LogP contribution in [0.15, 0.2) is 29.1 Å². The number of nitrogens with zero attached hydrogens (tertiary/aromatic N) is 1. The zero-order valence-electron chi connectivity index (χ0n) is 11.3. The lowest BCUT2D eigenvalue weighted by molar-refractivity contribution is 0.0880. The smallest absolute Gasteiger partial charge is 0.262 e. The van der Waals surface area contributed by atoms with E-state index in [-0.39, 0.29) is 28.4 Å². The molecule has 2 amide bonds. The summed E-state index contributed by atoms with van der Waals surface area (Å²) < 4.78 is 19.3. The predicted octanol–water partition coefficient (Wildman–Crippen LogP) is 0.451. The highest BCUT2D eigenvalue weighted by molar-refractivity contribution is 6.23. The summed E-state index contributed by atoms with van der Waals surface area (Å²) in [6.07, 6.45) is 0. The van der Waals surface area contributed by atoms with Crippen molar-refractivity contribution in [2.24, 2.45) is 0 Å². The highest BCUT2D eigenvalue weighted by Crippen LogP contribution is 2.25. The highest BCUT2D eigenvalue weighted by Gasteiger charge is 2.31. The lowest BCUT2D eigenvalue weighted by Crippen LogP contribution is -2.24. The molecule has 0 unspecified atom stereocenters. The van der Waals surface area contributed by atoms with Crippen LogP contribution in [0.3, 0.4) is 0 Å². The lowest BCUT2D eigenvalue weighted by Gasteiger charge is -2.13. The van der Waals surface area contributed by atoms with Gasteiger partial charge in [-0.2, -0.15) is 0 Å². The maximum absolute atomic E-state index is 13.5. The van der Waals surface area contributed by atoms with E-state index in [2.05, 4.69) is 5.32 Å². The second-order valence-electron chi connectivity index (χ2n) is 4.59. The van der Waals surface area contributed by atoms with Gasteiger partial charge in [0.1, 0.15) is 5.82 Å². The molecule has 0 saturated heterocycles. The first-order valence-electron chi connectivity index (χ1n) is 6.19. The van der Waals surface area contributed by atoms with Crippen molar-refractivity contribution in [1.82, 2.24) is 9.88 Å². The van der Waals surface area contributed by atoms with Crippen molar-refractivity contribution in [3.8, 4) is 11.4 Å². The first kappa shape index (κ1) is 13.8. The first-order chi connectivity index (χ1) is 10.4. The number of methoxy groups -OCH3 is 1. The van der Waals surface area contributed by atoms with Gasteiger partial charge in [0.05, 0.1) is 23.9 Å². The van der Waals surface area contributed by atoms with E-state index in [0.717, 1.165) is 16.7 Å². The molecular formula is C14H10FN3O4. The van der Waals surface area contributed by atoms with Gasteiger partial charge in [-0.3, -0.25) is 24.3 Å². The summed E-state index contributed by atoms with van der Waals surface area (Å²) >= 11 is 0. The van der Waals surface area contributed by atoms with Gasteiger partial charge in [0.15, 0.2) is 11.6 Å². The number of aromatic nitrogens is 1. The van der Waals surface area contributed by atoms with Crippen LogP contribution in [0, 0.1) is 5.82 Å². The molecule has 3 rings (SSSR count). The van der Waals surface area contributed by atoms with Gasteiger partial charge in [0.25, 0.3) is 17.4 Å². The number of hydrogen-bond donors (Lipinski definition) is 2. The Morgan fingerprint density at radius 1 is 1.18 bits per heavy atom. The number of imide groups is 1. The number of fused-ring (bicyclic) bond motifs is 1. The number of hydrogen-bond acceptors (Lipinski definition) is 5. The average molecular weight is 303 g/mol. The van der Waals surface area contributed by atoms with Gasteiger partial charge in [-0.25, -0.2) is 4.39 Å². The van der Waals surface area contributed by atoms with Gasteiger partial charge in [-0.05, 0) is 12.1 Å². The molecule has 8 heteroatoms. The van der Waals surface area contributed by atoms with Crippen LogP contribution in [-0.2, 0) is 0 Å². The van der Waals surface area contributed by atoms with E-state index >= 15 is 0 Å². The fourth-order valence-electron chi connectivity index (χ4n) is 2.33. The Labute approximate surface area is 123 Å². The van der Waals surface area contributed by atoms with Gasteiger partial charge in [-0.15, -0.1) is 0 Å². The number of carbonyl (C=O) groups is 2. The summed E-state index contributed by atoms with van der Waals surface area (Å²) in [4.78, 5) is 35.5. The van der Waals surface area contributed by atoms with Crippen molar-refractivity contribution in [2.45, 2.75) is 0 Å². The Balaban J connectivity index is 2.30. The Bertz CT molecular complexity index is 888. The lowest BCUT2D eigenvalue weighted by atomic mass is 10.1. The summed E-state index contributed by atoms with van der Waals surface area (Å²) in [6.45, 7) is 0. The molecule has 0 radical (unpaired) electrons. The van der Waals surface area contributed by atoms with Gasteiger partial charge < -0.3 is 10.5 Å². The molecule has 0 fully saturated rings. The zero-order chi connectivity index (χ0) is 16.0. The maximum Gasteiger partial charge on any atom is 0.262 e. The van der Waals surface area contributed by atoms with Crippen LogP contribution >= 0.6 is 0 Å². The van der Waals surface area contributed by atoms with Crippen LogP contribution in [0.4, 0.5) is 10.2 Å². The normalized spacial score (nSPS) is 13.0. The van der Waals surface area contributed by atoms with Crippen molar-refractivity contribution >= 4 is 17.6 Å². The monoisotopic (exact) mass is 303 g/mol. The number of ether oxygens (including phenoxy) is 1. The Morgan fingerprint density at radius 3 is 2.59 bits per heavy atom. The zero-order valence-corrected chi connectivity index (χ0v) is 11.3. The van der Waals surface area contributed by atoms with E-state index in [1.165, 1.54) is 19.2 Å². The fourth-order valence-corrected chi connectivity index (χ4v) is 2.33. The average Bonchev–Trinajstić information content (AvgIpc) is 2.75. The van der Waals surface area contributed by atoms with E-state index in [0.29, 0.717) is 0 Å². The molecule has 1 aliphatic rings. The van der Waals surface area contributed by atoms with E-state index in [1.54, 1.807) is 0 Å². The first-order valence-corrected chi connectivity index (χ1v) is 6.19. The molecule has 3 N–H and O–H groups in total. The van der Waals surface area contributed by atoms with Crippen LogP contribution in [0.5, 0.6) is 5.75 Å². The molecule has 0 aliphatic carbocycles. The third-order valence-corrected chi connectivity index (χ3v) is 3.35. The Morgan fingerprint density at radius 2 is 1.91 bits per heavy atom. The fraction of sp³-hybridized carbons (Fsp3) is 0.0714. The molecule has 0 spiro atoms. The minimum absolute atomic E-state index is 0.0715. The predicted molar refractivity (Wildman–Crippen MR) is 74.8 cm³/mol. The second-order valence-corrected chi connectivity index (χ2v) is 4.59. The molecule has 1 aromatic carbocycles. The topological polar surface area (TPSA) is 103 Å². The van der Waals surface area contributed by atoms with Crippen molar-refractivity contribution in [3.63, 3.8) is 0 Å². The number of nitrogens with one attached hydrogen (secondary N) is 1. The molecule has 22 heavy (non-hydrogen) atoms. The summed E-state index contributed by atoms with van der Waals surface area (Å²) in [6, 6.07) is 4.71. The largest absolute Gasteiger partial charge is 0.494 e. The van der Waals surface area contributed by atoms with Crippen molar-refractivity contribution in [2.75, 3.05) is 12.8 Å². The quantitative estimate of drug-likeness (QED) is 0.784. The molecule has 2 aromatic rings. The highest BCUT2D eigenvalue weighted by atomic mass is 19.1. The van der Waals surface area contributed by atoms with Crippen LogP contribution < -0.4 is 21.3 Å². The van der Waals surface area contributed by atoms with E-state index in [4.69, 9.17) is 10.5 Å². The molecule has 1 aliphatic heterocycles. The standard InChI is InChI=1S/C14H10FN3O4/c1-22-9-4-6(2-3-8(9)15)18-10(19)5-7-11(12(18)16)14(21)17-13(7)20/h2-5H,16H2,1H3,(H,17,20,21).